The molecule has 1 aliphatic heterocycles. The topological polar surface area (TPSA) is 57.7 Å². The number of halogens is 1. The number of likely N-dealkylation sites (N-methyl/N-ethyl adjacent to an activating group) is 1. The number of nitrogens with zero attached hydrogens (tertiary/aromatic N) is 2. The van der Waals surface area contributed by atoms with Gasteiger partial charge in [0.1, 0.15) is 6.54 Å². The molecule has 2 aromatic rings. The van der Waals surface area contributed by atoms with E-state index in [9.17, 15) is 14.4 Å². The minimum Gasteiger partial charge on any atom is -0.340 e. The van der Waals surface area contributed by atoms with Crippen molar-refractivity contribution in [3.8, 4) is 0 Å². The molecule has 0 N–H and O–H groups in total. The highest BCUT2D eigenvalue weighted by molar-refractivity contribution is 6.30. The van der Waals surface area contributed by atoms with Gasteiger partial charge in [0.25, 0.3) is 11.8 Å². The Balaban J connectivity index is 1.69. The molecule has 0 spiro atoms. The predicted octanol–water partition coefficient (Wildman–Crippen LogP) is 2.59. The molecule has 1 aliphatic rings. The molecule has 3 rings (SSSR count). The summed E-state index contributed by atoms with van der Waals surface area (Å²) in [5.74, 6) is -1.18. The maximum absolute atomic E-state index is 12.4. The van der Waals surface area contributed by atoms with Crippen molar-refractivity contribution in [2.24, 2.45) is 0 Å². The van der Waals surface area contributed by atoms with Crippen molar-refractivity contribution >= 4 is 29.3 Å². The molecule has 0 unspecified atom stereocenters. The highest BCUT2D eigenvalue weighted by Gasteiger charge is 2.36. The van der Waals surface area contributed by atoms with Crippen molar-refractivity contribution in [1.29, 1.82) is 0 Å². The fraction of sp³-hybridized carbons (Fsp3) is 0.167. The summed E-state index contributed by atoms with van der Waals surface area (Å²) in [7, 11) is 1.63. The summed E-state index contributed by atoms with van der Waals surface area (Å²) in [6, 6.07) is 13.8. The number of rotatable bonds is 4. The molecule has 122 valence electrons. The molecular weight excluding hydrogens is 328 g/mol. The van der Waals surface area contributed by atoms with Crippen LogP contribution < -0.4 is 0 Å². The SMILES string of the molecule is CN(Cc1cccc(Cl)c1)C(=O)CN1C(=O)c2ccccc2C1=O. The van der Waals surface area contributed by atoms with Gasteiger partial charge in [0.05, 0.1) is 11.1 Å². The molecule has 0 fully saturated rings. The zero-order chi connectivity index (χ0) is 17.3. The molecule has 0 aromatic heterocycles. The Kier molecular flexibility index (Phi) is 4.36. The fourth-order valence-electron chi connectivity index (χ4n) is 2.64. The average molecular weight is 343 g/mol. The Hall–Kier alpha value is -2.66. The molecule has 24 heavy (non-hydrogen) atoms. The number of benzene rings is 2. The van der Waals surface area contributed by atoms with Crippen LogP contribution in [0.3, 0.4) is 0 Å². The Bertz CT molecular complexity index is 800. The smallest absolute Gasteiger partial charge is 0.262 e. The zero-order valence-electron chi connectivity index (χ0n) is 13.0. The molecule has 0 atom stereocenters. The minimum absolute atomic E-state index is 0.274. The van der Waals surface area contributed by atoms with Gasteiger partial charge >= 0.3 is 0 Å². The van der Waals surface area contributed by atoms with Gasteiger partial charge < -0.3 is 4.90 Å². The maximum atomic E-state index is 12.4. The van der Waals surface area contributed by atoms with E-state index in [2.05, 4.69) is 0 Å². The lowest BCUT2D eigenvalue weighted by molar-refractivity contribution is -0.130. The lowest BCUT2D eigenvalue weighted by atomic mass is 10.1. The molecule has 6 heteroatoms. The highest BCUT2D eigenvalue weighted by Crippen LogP contribution is 2.22. The second kappa shape index (κ2) is 6.45. The van der Waals surface area contributed by atoms with Crippen LogP contribution >= 0.6 is 11.6 Å². The van der Waals surface area contributed by atoms with Gasteiger partial charge in [0, 0.05) is 18.6 Å². The predicted molar refractivity (Wildman–Crippen MR) is 89.7 cm³/mol. The Labute approximate surface area is 144 Å². The van der Waals surface area contributed by atoms with Crippen LogP contribution in [-0.2, 0) is 11.3 Å². The van der Waals surface area contributed by atoms with Gasteiger partial charge in [-0.25, -0.2) is 0 Å². The standard InChI is InChI=1S/C18H15ClN2O3/c1-20(10-12-5-4-6-13(19)9-12)16(22)11-21-17(23)14-7-2-3-8-15(14)18(21)24/h2-9H,10-11H2,1H3. The second-order valence-electron chi connectivity index (χ2n) is 5.62. The van der Waals surface area contributed by atoms with Gasteiger partial charge in [0.15, 0.2) is 0 Å². The van der Waals surface area contributed by atoms with E-state index < -0.39 is 11.8 Å². The number of hydrogen-bond donors (Lipinski definition) is 0. The van der Waals surface area contributed by atoms with E-state index in [0.717, 1.165) is 10.5 Å². The first kappa shape index (κ1) is 16.2. The molecule has 0 saturated carbocycles. The molecule has 0 radical (unpaired) electrons. The van der Waals surface area contributed by atoms with E-state index in [1.807, 2.05) is 6.07 Å². The first-order valence-electron chi connectivity index (χ1n) is 7.41. The summed E-state index contributed by atoms with van der Waals surface area (Å²) in [6.07, 6.45) is 0. The summed E-state index contributed by atoms with van der Waals surface area (Å²) in [5, 5.41) is 0.591. The first-order valence-corrected chi connectivity index (χ1v) is 7.79. The Morgan fingerprint density at radius 1 is 1.04 bits per heavy atom. The quantitative estimate of drug-likeness (QED) is 0.802. The normalized spacial score (nSPS) is 13.2. The molecule has 0 bridgehead atoms. The van der Waals surface area contributed by atoms with Crippen LogP contribution in [0.1, 0.15) is 26.3 Å². The highest BCUT2D eigenvalue weighted by atomic mass is 35.5. The Morgan fingerprint density at radius 3 is 2.25 bits per heavy atom. The lowest BCUT2D eigenvalue weighted by Gasteiger charge is -2.20. The van der Waals surface area contributed by atoms with E-state index in [4.69, 9.17) is 11.6 Å². The van der Waals surface area contributed by atoms with Gasteiger partial charge in [-0.15, -0.1) is 0 Å². The molecule has 2 aromatic carbocycles. The monoisotopic (exact) mass is 342 g/mol. The molecular formula is C18H15ClN2O3. The van der Waals surface area contributed by atoms with E-state index in [1.165, 1.54) is 4.90 Å². The number of fused-ring (bicyclic) bond motifs is 1. The van der Waals surface area contributed by atoms with Gasteiger partial charge in [0.2, 0.25) is 5.91 Å². The maximum Gasteiger partial charge on any atom is 0.262 e. The number of carbonyl (C=O) groups excluding carboxylic acids is 3. The number of carbonyl (C=O) groups is 3. The van der Waals surface area contributed by atoms with Crippen molar-refractivity contribution in [3.63, 3.8) is 0 Å². The molecule has 3 amide bonds. The van der Waals surface area contributed by atoms with Gasteiger partial charge in [-0.1, -0.05) is 35.9 Å². The second-order valence-corrected chi connectivity index (χ2v) is 6.06. The first-order chi connectivity index (χ1) is 11.5. The summed E-state index contributed by atoms with van der Waals surface area (Å²) < 4.78 is 0. The van der Waals surface area contributed by atoms with E-state index in [0.29, 0.717) is 22.7 Å². The third-order valence-corrected chi connectivity index (χ3v) is 4.14. The largest absolute Gasteiger partial charge is 0.340 e. The molecule has 0 saturated heterocycles. The number of amides is 3. The summed E-state index contributed by atoms with van der Waals surface area (Å²) in [5.41, 5.74) is 1.56. The van der Waals surface area contributed by atoms with Gasteiger partial charge in [-0.2, -0.15) is 0 Å². The van der Waals surface area contributed by atoms with E-state index in [1.54, 1.807) is 49.5 Å². The summed E-state index contributed by atoms with van der Waals surface area (Å²) in [6.45, 7) is 0.0754. The van der Waals surface area contributed by atoms with Crippen LogP contribution in [-0.4, -0.2) is 41.1 Å². The zero-order valence-corrected chi connectivity index (χ0v) is 13.8. The van der Waals surface area contributed by atoms with Crippen molar-refractivity contribution in [2.75, 3.05) is 13.6 Å². The van der Waals surface area contributed by atoms with Crippen molar-refractivity contribution in [2.45, 2.75) is 6.54 Å². The fourth-order valence-corrected chi connectivity index (χ4v) is 2.85. The van der Waals surface area contributed by atoms with Gasteiger partial charge in [-0.3, -0.25) is 19.3 Å². The summed E-state index contributed by atoms with van der Waals surface area (Å²) in [4.78, 5) is 39.4. The van der Waals surface area contributed by atoms with Crippen LogP contribution in [0.4, 0.5) is 0 Å². The van der Waals surface area contributed by atoms with Crippen molar-refractivity contribution < 1.29 is 14.4 Å². The van der Waals surface area contributed by atoms with E-state index >= 15 is 0 Å². The molecule has 1 heterocycles. The number of hydrogen-bond acceptors (Lipinski definition) is 3. The lowest BCUT2D eigenvalue weighted by Crippen LogP contribution is -2.40. The van der Waals surface area contributed by atoms with Crippen LogP contribution in [0.2, 0.25) is 5.02 Å². The number of imide groups is 1. The Morgan fingerprint density at radius 2 is 1.67 bits per heavy atom. The van der Waals surface area contributed by atoms with Crippen LogP contribution in [0.15, 0.2) is 48.5 Å². The van der Waals surface area contributed by atoms with Crippen molar-refractivity contribution in [3.05, 3.63) is 70.2 Å². The summed E-state index contributed by atoms with van der Waals surface area (Å²) >= 11 is 5.93. The van der Waals surface area contributed by atoms with Crippen LogP contribution in [0, 0.1) is 0 Å². The van der Waals surface area contributed by atoms with Gasteiger partial charge in [-0.05, 0) is 29.8 Å². The van der Waals surface area contributed by atoms with Crippen LogP contribution in [0.5, 0.6) is 0 Å². The minimum atomic E-state index is -0.430. The third kappa shape index (κ3) is 3.03. The van der Waals surface area contributed by atoms with E-state index in [-0.39, 0.29) is 12.5 Å². The third-order valence-electron chi connectivity index (χ3n) is 3.91. The molecule has 0 aliphatic carbocycles. The van der Waals surface area contributed by atoms with Crippen molar-refractivity contribution in [1.82, 2.24) is 9.80 Å². The average Bonchev–Trinajstić information content (AvgIpc) is 2.80. The molecule has 5 nitrogen and oxygen atoms in total. The van der Waals surface area contributed by atoms with Crippen LogP contribution in [0.25, 0.3) is 0 Å².